The van der Waals surface area contributed by atoms with E-state index in [1.807, 2.05) is 18.2 Å². The summed E-state index contributed by atoms with van der Waals surface area (Å²) >= 11 is 0. The second-order valence-corrected chi connectivity index (χ2v) is 5.79. The summed E-state index contributed by atoms with van der Waals surface area (Å²) in [5.74, 6) is -1.02. The van der Waals surface area contributed by atoms with Gasteiger partial charge in [0.25, 0.3) is 0 Å². The molecule has 0 amide bonds. The van der Waals surface area contributed by atoms with Crippen LogP contribution in [0.2, 0.25) is 0 Å². The molecule has 0 fully saturated rings. The van der Waals surface area contributed by atoms with Crippen molar-refractivity contribution < 1.29 is 8.42 Å². The Labute approximate surface area is 113 Å². The summed E-state index contributed by atoms with van der Waals surface area (Å²) in [6.45, 7) is 0. The zero-order valence-corrected chi connectivity index (χ0v) is 11.9. The van der Waals surface area contributed by atoms with Crippen molar-refractivity contribution >= 4 is 14.9 Å². The van der Waals surface area contributed by atoms with Gasteiger partial charge in [0.05, 0.1) is 5.70 Å². The molecule has 0 unspecified atom stereocenters. The Morgan fingerprint density at radius 1 is 1.05 bits per heavy atom. The van der Waals surface area contributed by atoms with E-state index in [4.69, 9.17) is 0 Å². The molecule has 0 atom stereocenters. The molecule has 0 bridgehead atoms. The van der Waals surface area contributed by atoms with Crippen LogP contribution >= 0.6 is 0 Å². The molecule has 104 valence electrons. The Bertz CT molecular complexity index is 591. The third kappa shape index (κ3) is 2.14. The molecule has 0 radical (unpaired) electrons. The minimum atomic E-state index is -3.59. The van der Waals surface area contributed by atoms with Crippen LogP contribution in [0.25, 0.3) is 4.91 Å². The Hall–Kier alpha value is -1.41. The fourth-order valence-corrected chi connectivity index (χ4v) is 4.06. The molecular weight excluding hydrogens is 264 g/mol. The van der Waals surface area contributed by atoms with E-state index in [1.165, 1.54) is 0 Å². The molecule has 0 saturated carbocycles. The van der Waals surface area contributed by atoms with Crippen LogP contribution in [0.1, 0.15) is 5.56 Å². The molecule has 4 N–H and O–H groups in total. The lowest BCUT2D eigenvalue weighted by Gasteiger charge is -2.30. The van der Waals surface area contributed by atoms with Gasteiger partial charge in [0.2, 0.25) is 10.0 Å². The number of likely N-dealkylation sites (N-methyl/N-ethyl adjacent to an activating group) is 3. The molecule has 0 saturated heterocycles. The summed E-state index contributed by atoms with van der Waals surface area (Å²) in [7, 11) is 1.48. The molecule has 2 rings (SSSR count). The van der Waals surface area contributed by atoms with Crippen molar-refractivity contribution in [1.82, 2.24) is 20.7 Å². The van der Waals surface area contributed by atoms with Crippen LogP contribution in [0, 0.1) is 0 Å². The van der Waals surface area contributed by atoms with Crippen molar-refractivity contribution in [2.75, 3.05) is 21.1 Å². The van der Waals surface area contributed by atoms with Gasteiger partial charge >= 0.3 is 0 Å². The van der Waals surface area contributed by atoms with Gasteiger partial charge in [0, 0.05) is 7.05 Å². The highest BCUT2D eigenvalue weighted by molar-refractivity contribution is 7.99. The van der Waals surface area contributed by atoms with Gasteiger partial charge < -0.3 is 5.32 Å². The fourth-order valence-electron chi connectivity index (χ4n) is 2.28. The lowest BCUT2D eigenvalue weighted by Crippen LogP contribution is -2.65. The average molecular weight is 282 g/mol. The Kier molecular flexibility index (Phi) is 3.64. The largest absolute Gasteiger partial charge is 0.387 e. The SMILES string of the molecule is CNC1=C(c2ccccc2)S(=O)(=O)NC1(NC)NC. The Balaban J connectivity index is 2.71. The van der Waals surface area contributed by atoms with Gasteiger partial charge in [-0.15, -0.1) is 0 Å². The minimum absolute atomic E-state index is 0.249. The minimum Gasteiger partial charge on any atom is -0.387 e. The molecule has 1 heterocycles. The van der Waals surface area contributed by atoms with Crippen LogP contribution in [0.4, 0.5) is 0 Å². The molecule has 0 aromatic heterocycles. The Morgan fingerprint density at radius 3 is 2.11 bits per heavy atom. The van der Waals surface area contributed by atoms with Crippen LogP contribution in [-0.2, 0) is 10.0 Å². The van der Waals surface area contributed by atoms with Gasteiger partial charge in [-0.3, -0.25) is 10.6 Å². The fraction of sp³-hybridized carbons (Fsp3) is 0.333. The van der Waals surface area contributed by atoms with Crippen molar-refractivity contribution in [2.45, 2.75) is 5.79 Å². The lowest BCUT2D eigenvalue weighted by atomic mass is 10.1. The number of hydrogen-bond donors (Lipinski definition) is 4. The maximum Gasteiger partial charge on any atom is 0.246 e. The number of sulfonamides is 1. The highest BCUT2D eigenvalue weighted by Crippen LogP contribution is 2.33. The van der Waals surface area contributed by atoms with E-state index in [9.17, 15) is 8.42 Å². The van der Waals surface area contributed by atoms with Crippen molar-refractivity contribution in [2.24, 2.45) is 0 Å². The summed E-state index contributed by atoms with van der Waals surface area (Å²) in [6.07, 6.45) is 0. The first-order valence-electron chi connectivity index (χ1n) is 5.90. The number of hydrogen-bond acceptors (Lipinski definition) is 5. The maximum absolute atomic E-state index is 12.4. The van der Waals surface area contributed by atoms with Crippen molar-refractivity contribution in [1.29, 1.82) is 0 Å². The molecule has 1 aromatic carbocycles. The van der Waals surface area contributed by atoms with E-state index >= 15 is 0 Å². The molecule has 6 nitrogen and oxygen atoms in total. The quantitative estimate of drug-likeness (QED) is 0.565. The molecule has 0 spiro atoms. The van der Waals surface area contributed by atoms with Crippen molar-refractivity contribution in [3.63, 3.8) is 0 Å². The normalized spacial score (nSPS) is 20.6. The van der Waals surface area contributed by atoms with E-state index < -0.39 is 15.8 Å². The monoisotopic (exact) mass is 282 g/mol. The highest BCUT2D eigenvalue weighted by Gasteiger charge is 2.47. The summed E-state index contributed by atoms with van der Waals surface area (Å²) in [5, 5.41) is 8.90. The number of rotatable bonds is 4. The van der Waals surface area contributed by atoms with E-state index in [0.29, 0.717) is 11.3 Å². The molecule has 1 aliphatic rings. The van der Waals surface area contributed by atoms with Gasteiger partial charge in [-0.05, 0) is 19.7 Å². The van der Waals surface area contributed by atoms with Crippen LogP contribution in [-0.4, -0.2) is 35.3 Å². The van der Waals surface area contributed by atoms with E-state index in [0.717, 1.165) is 0 Å². The highest BCUT2D eigenvalue weighted by atomic mass is 32.2. The van der Waals surface area contributed by atoms with Crippen molar-refractivity contribution in [3.05, 3.63) is 41.6 Å². The zero-order valence-electron chi connectivity index (χ0n) is 11.1. The smallest absolute Gasteiger partial charge is 0.246 e. The van der Waals surface area contributed by atoms with Crippen LogP contribution < -0.4 is 20.7 Å². The van der Waals surface area contributed by atoms with E-state index in [-0.39, 0.29) is 4.91 Å². The van der Waals surface area contributed by atoms with E-state index in [2.05, 4.69) is 20.7 Å². The average Bonchev–Trinajstić information content (AvgIpc) is 2.67. The third-order valence-electron chi connectivity index (χ3n) is 3.19. The van der Waals surface area contributed by atoms with Gasteiger partial charge in [-0.1, -0.05) is 30.3 Å². The van der Waals surface area contributed by atoms with Crippen LogP contribution in [0.5, 0.6) is 0 Å². The molecule has 19 heavy (non-hydrogen) atoms. The first-order valence-corrected chi connectivity index (χ1v) is 7.39. The van der Waals surface area contributed by atoms with E-state index in [1.54, 1.807) is 33.3 Å². The topological polar surface area (TPSA) is 82.3 Å². The molecule has 0 aliphatic carbocycles. The zero-order chi connectivity index (χ0) is 14.1. The predicted molar refractivity (Wildman–Crippen MR) is 75.3 cm³/mol. The third-order valence-corrected chi connectivity index (χ3v) is 4.75. The van der Waals surface area contributed by atoms with Crippen LogP contribution in [0.3, 0.4) is 0 Å². The first-order chi connectivity index (χ1) is 9.00. The summed E-state index contributed by atoms with van der Waals surface area (Å²) in [6, 6.07) is 9.01. The van der Waals surface area contributed by atoms with Gasteiger partial charge in [0.1, 0.15) is 4.91 Å². The lowest BCUT2D eigenvalue weighted by molar-refractivity contribution is 0.325. The van der Waals surface area contributed by atoms with Gasteiger partial charge in [-0.2, -0.15) is 4.72 Å². The second kappa shape index (κ2) is 4.93. The predicted octanol–water partition coefficient (Wildman–Crippen LogP) is -0.400. The summed E-state index contributed by atoms with van der Waals surface area (Å²) in [5.41, 5.74) is 1.19. The first kappa shape index (κ1) is 14.0. The summed E-state index contributed by atoms with van der Waals surface area (Å²) in [4.78, 5) is 0.249. The molecular formula is C12H18N4O2S. The molecule has 1 aromatic rings. The standard InChI is InChI=1S/C12H18N4O2S/c1-13-11-10(9-7-5-4-6-8-9)19(17,18)16-12(11,14-2)15-3/h4-8,13-16H,1-3H3. The summed E-state index contributed by atoms with van der Waals surface area (Å²) < 4.78 is 27.4. The maximum atomic E-state index is 12.4. The Morgan fingerprint density at radius 2 is 1.63 bits per heavy atom. The second-order valence-electron chi connectivity index (χ2n) is 4.18. The van der Waals surface area contributed by atoms with Crippen LogP contribution in [0.15, 0.2) is 36.0 Å². The number of nitrogens with one attached hydrogen (secondary N) is 4. The van der Waals surface area contributed by atoms with Crippen molar-refractivity contribution in [3.8, 4) is 0 Å². The van der Waals surface area contributed by atoms with Gasteiger partial charge in [0.15, 0.2) is 5.79 Å². The number of benzene rings is 1. The molecule has 7 heteroatoms. The van der Waals surface area contributed by atoms with Gasteiger partial charge in [-0.25, -0.2) is 8.42 Å². The molecule has 1 aliphatic heterocycles.